The third-order valence-corrected chi connectivity index (χ3v) is 1.73. The van der Waals surface area contributed by atoms with Gasteiger partial charge in [-0.25, -0.2) is 4.79 Å². The molecule has 2 N–H and O–H groups in total. The number of rotatable bonds is 5. The summed E-state index contributed by atoms with van der Waals surface area (Å²) in [7, 11) is 0. The lowest BCUT2D eigenvalue weighted by Gasteiger charge is -1.96. The van der Waals surface area contributed by atoms with Crippen molar-refractivity contribution >= 4 is 11.9 Å². The van der Waals surface area contributed by atoms with E-state index in [0.717, 1.165) is 0 Å². The molecule has 0 aliphatic heterocycles. The minimum absolute atomic E-state index is 0.199. The van der Waals surface area contributed by atoms with Crippen LogP contribution in [0.15, 0.2) is 24.4 Å². The molecule has 0 fully saturated rings. The highest BCUT2D eigenvalue weighted by atomic mass is 16.5. The van der Waals surface area contributed by atoms with Crippen LogP contribution in [0, 0.1) is 0 Å². The molecular weight excluding hydrogens is 210 g/mol. The van der Waals surface area contributed by atoms with E-state index in [2.05, 4.69) is 5.10 Å². The standard InChI is InChI=1S/C10H13N3O3/c1-2-16-9(14)4-3-6-13-7-5-8(12-13)10(11)15/h3-5,7H,2,6H2,1H3,(H2,11,15)/b4-3+. The lowest BCUT2D eigenvalue weighted by atomic mass is 10.4. The van der Waals surface area contributed by atoms with Crippen molar-refractivity contribution in [3.8, 4) is 0 Å². The quantitative estimate of drug-likeness (QED) is 0.566. The zero-order chi connectivity index (χ0) is 12.0. The van der Waals surface area contributed by atoms with E-state index in [1.165, 1.54) is 16.8 Å². The molecule has 1 rings (SSSR count). The molecule has 0 radical (unpaired) electrons. The summed E-state index contributed by atoms with van der Waals surface area (Å²) in [4.78, 5) is 21.7. The maximum absolute atomic E-state index is 10.9. The van der Waals surface area contributed by atoms with E-state index in [9.17, 15) is 9.59 Å². The first kappa shape index (κ1) is 12.0. The molecule has 6 heteroatoms. The predicted molar refractivity (Wildman–Crippen MR) is 56.5 cm³/mol. The number of hydrogen-bond donors (Lipinski definition) is 1. The first-order valence-corrected chi connectivity index (χ1v) is 4.80. The van der Waals surface area contributed by atoms with Gasteiger partial charge in [-0.15, -0.1) is 0 Å². The molecule has 0 bridgehead atoms. The monoisotopic (exact) mass is 223 g/mol. The Hall–Kier alpha value is -2.11. The number of nitrogens with two attached hydrogens (primary N) is 1. The molecule has 0 saturated heterocycles. The van der Waals surface area contributed by atoms with Gasteiger partial charge in [-0.05, 0) is 13.0 Å². The van der Waals surface area contributed by atoms with E-state index < -0.39 is 11.9 Å². The molecule has 1 aromatic rings. The van der Waals surface area contributed by atoms with Crippen LogP contribution in [0.1, 0.15) is 17.4 Å². The summed E-state index contributed by atoms with van der Waals surface area (Å²) >= 11 is 0. The highest BCUT2D eigenvalue weighted by Crippen LogP contribution is 1.94. The molecule has 0 aliphatic rings. The molecule has 0 aliphatic carbocycles. The lowest BCUT2D eigenvalue weighted by Crippen LogP contribution is -2.12. The van der Waals surface area contributed by atoms with Gasteiger partial charge in [-0.2, -0.15) is 5.10 Å². The van der Waals surface area contributed by atoms with E-state index in [-0.39, 0.29) is 5.69 Å². The van der Waals surface area contributed by atoms with E-state index in [1.807, 2.05) is 0 Å². The maximum Gasteiger partial charge on any atom is 0.330 e. The van der Waals surface area contributed by atoms with Gasteiger partial charge in [-0.1, -0.05) is 6.08 Å². The van der Waals surface area contributed by atoms with Crippen molar-refractivity contribution in [3.63, 3.8) is 0 Å². The van der Waals surface area contributed by atoms with Crippen LogP contribution in [0.3, 0.4) is 0 Å². The van der Waals surface area contributed by atoms with Crippen molar-refractivity contribution in [2.45, 2.75) is 13.5 Å². The Kier molecular flexibility index (Phi) is 4.26. The van der Waals surface area contributed by atoms with Crippen LogP contribution in [-0.2, 0) is 16.1 Å². The minimum atomic E-state index is -0.576. The second-order valence-electron chi connectivity index (χ2n) is 2.94. The van der Waals surface area contributed by atoms with Gasteiger partial charge in [0.2, 0.25) is 0 Å². The van der Waals surface area contributed by atoms with Crippen molar-refractivity contribution in [1.82, 2.24) is 9.78 Å². The molecule has 0 spiro atoms. The Balaban J connectivity index is 2.48. The number of hydrogen-bond acceptors (Lipinski definition) is 4. The van der Waals surface area contributed by atoms with Crippen LogP contribution in [0.2, 0.25) is 0 Å². The lowest BCUT2D eigenvalue weighted by molar-refractivity contribution is -0.137. The summed E-state index contributed by atoms with van der Waals surface area (Å²) in [5, 5.41) is 3.89. The molecule has 1 amide bonds. The molecule has 0 atom stereocenters. The zero-order valence-corrected chi connectivity index (χ0v) is 8.92. The fraction of sp³-hybridized carbons (Fsp3) is 0.300. The second kappa shape index (κ2) is 5.69. The van der Waals surface area contributed by atoms with Gasteiger partial charge < -0.3 is 10.5 Å². The molecule has 16 heavy (non-hydrogen) atoms. The fourth-order valence-electron chi connectivity index (χ4n) is 1.04. The van der Waals surface area contributed by atoms with Crippen molar-refractivity contribution in [2.75, 3.05) is 6.61 Å². The number of allylic oxidation sites excluding steroid dienone is 1. The van der Waals surface area contributed by atoms with Gasteiger partial charge in [0.05, 0.1) is 13.2 Å². The predicted octanol–water partition coefficient (Wildman–Crippen LogP) is 0.101. The average molecular weight is 223 g/mol. The second-order valence-corrected chi connectivity index (χ2v) is 2.94. The van der Waals surface area contributed by atoms with Crippen molar-refractivity contribution in [2.24, 2.45) is 5.73 Å². The molecule has 0 unspecified atom stereocenters. The van der Waals surface area contributed by atoms with Crippen LogP contribution in [0.4, 0.5) is 0 Å². The van der Waals surface area contributed by atoms with Crippen LogP contribution < -0.4 is 5.73 Å². The third kappa shape index (κ3) is 3.56. The first-order valence-electron chi connectivity index (χ1n) is 4.80. The van der Waals surface area contributed by atoms with E-state index in [1.54, 1.807) is 19.2 Å². The highest BCUT2D eigenvalue weighted by Gasteiger charge is 2.03. The van der Waals surface area contributed by atoms with Gasteiger partial charge >= 0.3 is 5.97 Å². The summed E-state index contributed by atoms with van der Waals surface area (Å²) in [6.45, 7) is 2.46. The minimum Gasteiger partial charge on any atom is -0.463 e. The van der Waals surface area contributed by atoms with Crippen LogP contribution in [0.25, 0.3) is 0 Å². The van der Waals surface area contributed by atoms with Crippen LogP contribution >= 0.6 is 0 Å². The summed E-state index contributed by atoms with van der Waals surface area (Å²) in [6.07, 6.45) is 4.51. The fourth-order valence-corrected chi connectivity index (χ4v) is 1.04. The number of esters is 1. The Bertz CT molecular complexity index is 409. The van der Waals surface area contributed by atoms with Crippen molar-refractivity contribution in [3.05, 3.63) is 30.1 Å². The Morgan fingerprint density at radius 1 is 1.62 bits per heavy atom. The largest absolute Gasteiger partial charge is 0.463 e. The van der Waals surface area contributed by atoms with Crippen molar-refractivity contribution < 1.29 is 14.3 Å². The molecule has 6 nitrogen and oxygen atoms in total. The van der Waals surface area contributed by atoms with Gasteiger partial charge in [-0.3, -0.25) is 9.48 Å². The number of amides is 1. The summed E-state index contributed by atoms with van der Waals surface area (Å²) in [5.41, 5.74) is 5.24. The van der Waals surface area contributed by atoms with Gasteiger partial charge in [0.15, 0.2) is 0 Å². The highest BCUT2D eigenvalue weighted by molar-refractivity contribution is 5.90. The average Bonchev–Trinajstić information content (AvgIpc) is 2.67. The number of nitrogens with zero attached hydrogens (tertiary/aromatic N) is 2. The van der Waals surface area contributed by atoms with Gasteiger partial charge in [0, 0.05) is 12.3 Å². The van der Waals surface area contributed by atoms with Gasteiger partial charge in [0.25, 0.3) is 5.91 Å². The number of carbonyl (C=O) groups excluding carboxylic acids is 2. The van der Waals surface area contributed by atoms with E-state index in [0.29, 0.717) is 13.2 Å². The number of ether oxygens (including phenoxy) is 1. The number of carbonyl (C=O) groups is 2. The van der Waals surface area contributed by atoms with Crippen LogP contribution in [-0.4, -0.2) is 28.3 Å². The van der Waals surface area contributed by atoms with E-state index in [4.69, 9.17) is 10.5 Å². The first-order chi connectivity index (χ1) is 7.63. The summed E-state index contributed by atoms with van der Waals surface area (Å²) in [6, 6.07) is 1.51. The molecule has 0 aromatic carbocycles. The maximum atomic E-state index is 10.9. The third-order valence-electron chi connectivity index (χ3n) is 1.73. The Morgan fingerprint density at radius 3 is 2.94 bits per heavy atom. The zero-order valence-electron chi connectivity index (χ0n) is 8.92. The normalized spacial score (nSPS) is 10.6. The summed E-state index contributed by atoms with van der Waals surface area (Å²) < 4.78 is 6.19. The molecule has 86 valence electrons. The molecular formula is C10H13N3O3. The van der Waals surface area contributed by atoms with Crippen molar-refractivity contribution in [1.29, 1.82) is 0 Å². The topological polar surface area (TPSA) is 87.2 Å². The molecule has 1 heterocycles. The summed E-state index contributed by atoms with van der Waals surface area (Å²) in [5.74, 6) is -0.974. The smallest absolute Gasteiger partial charge is 0.330 e. The van der Waals surface area contributed by atoms with Crippen LogP contribution in [0.5, 0.6) is 0 Å². The molecule has 0 saturated carbocycles. The Morgan fingerprint density at radius 2 is 2.38 bits per heavy atom. The molecule has 1 aromatic heterocycles. The Labute approximate surface area is 92.7 Å². The van der Waals surface area contributed by atoms with E-state index >= 15 is 0 Å². The SMILES string of the molecule is CCOC(=O)/C=C/Cn1ccc(C(N)=O)n1. The number of primary amides is 1. The van der Waals surface area contributed by atoms with Gasteiger partial charge in [0.1, 0.15) is 5.69 Å². The number of aromatic nitrogens is 2.